The Morgan fingerprint density at radius 3 is 2.50 bits per heavy atom. The van der Waals surface area contributed by atoms with Gasteiger partial charge < -0.3 is 14.4 Å². The number of thiophene rings is 1. The monoisotopic (exact) mass is 461 g/mol. The zero-order chi connectivity index (χ0) is 22.9. The summed E-state index contributed by atoms with van der Waals surface area (Å²) >= 11 is 1.54. The predicted molar refractivity (Wildman–Crippen MR) is 116 cm³/mol. The summed E-state index contributed by atoms with van der Waals surface area (Å²) < 4.78 is 50.2. The Balaban J connectivity index is 1.69. The smallest absolute Gasteiger partial charge is 0.416 e. The van der Waals surface area contributed by atoms with Crippen molar-refractivity contribution < 1.29 is 27.4 Å². The minimum atomic E-state index is -4.45. The molecule has 168 valence electrons. The number of hydrogen-bond donors (Lipinski definition) is 0. The van der Waals surface area contributed by atoms with Crippen LogP contribution < -0.4 is 9.47 Å². The molecule has 1 aliphatic rings. The van der Waals surface area contributed by atoms with Gasteiger partial charge in [0, 0.05) is 11.4 Å². The second-order valence-electron chi connectivity index (χ2n) is 7.54. The van der Waals surface area contributed by atoms with Crippen LogP contribution in [0.3, 0.4) is 0 Å². The van der Waals surface area contributed by atoms with Crippen LogP contribution in [-0.2, 0) is 23.8 Å². The highest BCUT2D eigenvalue weighted by atomic mass is 32.1. The maximum atomic E-state index is 13.3. The van der Waals surface area contributed by atoms with Crippen molar-refractivity contribution in [2.24, 2.45) is 0 Å². The SMILES string of the molecule is COc1cc2c(cc1OC)C(c1cccs1)N(C(=O)Cc1cccc(C(F)(F)F)c1)CC2. The Bertz CT molecular complexity index is 1110. The summed E-state index contributed by atoms with van der Waals surface area (Å²) in [6.45, 7) is 0.461. The normalized spacial score (nSPS) is 15.9. The van der Waals surface area contributed by atoms with E-state index in [0.29, 0.717) is 30.0 Å². The molecule has 4 nitrogen and oxygen atoms in total. The second-order valence-corrected chi connectivity index (χ2v) is 8.52. The predicted octanol–water partition coefficient (Wildman–Crippen LogP) is 5.50. The molecule has 8 heteroatoms. The largest absolute Gasteiger partial charge is 0.493 e. The molecule has 0 saturated heterocycles. The van der Waals surface area contributed by atoms with Crippen LogP contribution in [-0.4, -0.2) is 31.6 Å². The lowest BCUT2D eigenvalue weighted by Gasteiger charge is -2.37. The van der Waals surface area contributed by atoms with E-state index in [0.717, 1.165) is 28.1 Å². The van der Waals surface area contributed by atoms with Gasteiger partial charge in [0.15, 0.2) is 11.5 Å². The molecule has 0 fully saturated rings. The summed E-state index contributed by atoms with van der Waals surface area (Å²) in [5.41, 5.74) is 1.59. The zero-order valence-electron chi connectivity index (χ0n) is 17.6. The first-order valence-corrected chi connectivity index (χ1v) is 10.9. The summed E-state index contributed by atoms with van der Waals surface area (Å²) in [6.07, 6.45) is -3.93. The minimum absolute atomic E-state index is 0.103. The minimum Gasteiger partial charge on any atom is -0.493 e. The first-order chi connectivity index (χ1) is 15.3. The van der Waals surface area contributed by atoms with Crippen molar-refractivity contribution in [3.05, 3.63) is 81.0 Å². The maximum absolute atomic E-state index is 13.3. The Kier molecular flexibility index (Phi) is 6.15. The van der Waals surface area contributed by atoms with E-state index in [1.807, 2.05) is 29.6 Å². The molecule has 1 atom stereocenters. The van der Waals surface area contributed by atoms with Crippen LogP contribution in [0.25, 0.3) is 0 Å². The van der Waals surface area contributed by atoms with E-state index in [1.54, 1.807) is 25.2 Å². The molecule has 32 heavy (non-hydrogen) atoms. The van der Waals surface area contributed by atoms with E-state index in [9.17, 15) is 18.0 Å². The number of ether oxygens (including phenoxy) is 2. The molecule has 1 amide bonds. The summed E-state index contributed by atoms with van der Waals surface area (Å²) in [4.78, 5) is 16.0. The van der Waals surface area contributed by atoms with Crippen molar-refractivity contribution in [3.8, 4) is 11.5 Å². The number of halogens is 3. The Labute approximate surface area is 188 Å². The lowest BCUT2D eigenvalue weighted by Crippen LogP contribution is -2.41. The molecule has 4 rings (SSSR count). The molecular formula is C24H22F3NO3S. The van der Waals surface area contributed by atoms with Gasteiger partial charge in [-0.3, -0.25) is 4.79 Å². The highest BCUT2D eigenvalue weighted by molar-refractivity contribution is 7.10. The molecule has 1 unspecified atom stereocenters. The van der Waals surface area contributed by atoms with Gasteiger partial charge in [-0.1, -0.05) is 24.3 Å². The van der Waals surface area contributed by atoms with Gasteiger partial charge in [-0.05, 0) is 52.8 Å². The van der Waals surface area contributed by atoms with Gasteiger partial charge in [-0.25, -0.2) is 0 Å². The van der Waals surface area contributed by atoms with Gasteiger partial charge in [-0.2, -0.15) is 13.2 Å². The fourth-order valence-electron chi connectivity index (χ4n) is 4.10. The number of alkyl halides is 3. The fourth-order valence-corrected chi connectivity index (χ4v) is 4.96. The van der Waals surface area contributed by atoms with Crippen molar-refractivity contribution in [2.45, 2.75) is 25.1 Å². The van der Waals surface area contributed by atoms with Crippen LogP contribution in [0, 0.1) is 0 Å². The molecule has 2 heterocycles. The summed E-state index contributed by atoms with van der Waals surface area (Å²) in [6, 6.07) is 12.3. The fraction of sp³-hybridized carbons (Fsp3) is 0.292. The number of methoxy groups -OCH3 is 2. The van der Waals surface area contributed by atoms with Crippen LogP contribution in [0.2, 0.25) is 0 Å². The molecule has 1 aliphatic heterocycles. The van der Waals surface area contributed by atoms with Crippen LogP contribution in [0.15, 0.2) is 53.9 Å². The number of amides is 1. The molecule has 3 aromatic rings. The third kappa shape index (κ3) is 4.32. The Morgan fingerprint density at radius 2 is 1.84 bits per heavy atom. The number of hydrogen-bond acceptors (Lipinski definition) is 4. The summed E-state index contributed by atoms with van der Waals surface area (Å²) in [5, 5.41) is 1.94. The summed E-state index contributed by atoms with van der Waals surface area (Å²) in [5.74, 6) is 0.975. The van der Waals surface area contributed by atoms with Crippen LogP contribution in [0.4, 0.5) is 13.2 Å². The van der Waals surface area contributed by atoms with Crippen LogP contribution in [0.5, 0.6) is 11.5 Å². The highest BCUT2D eigenvalue weighted by Gasteiger charge is 2.34. The van der Waals surface area contributed by atoms with E-state index < -0.39 is 11.7 Å². The molecule has 0 bridgehead atoms. The summed E-state index contributed by atoms with van der Waals surface area (Å²) in [7, 11) is 3.14. The molecule has 0 aliphatic carbocycles. The zero-order valence-corrected chi connectivity index (χ0v) is 18.4. The van der Waals surface area contributed by atoms with E-state index in [1.165, 1.54) is 17.4 Å². The second kappa shape index (κ2) is 8.86. The number of benzene rings is 2. The van der Waals surface area contributed by atoms with Gasteiger partial charge >= 0.3 is 6.18 Å². The average molecular weight is 462 g/mol. The molecule has 1 aromatic heterocycles. The molecule has 2 aromatic carbocycles. The topological polar surface area (TPSA) is 38.8 Å². The van der Waals surface area contributed by atoms with Crippen molar-refractivity contribution >= 4 is 17.2 Å². The highest BCUT2D eigenvalue weighted by Crippen LogP contribution is 2.42. The van der Waals surface area contributed by atoms with Crippen molar-refractivity contribution in [1.82, 2.24) is 4.90 Å². The number of carbonyl (C=O) groups is 1. The van der Waals surface area contributed by atoms with Crippen LogP contribution >= 0.6 is 11.3 Å². The van der Waals surface area contributed by atoms with Gasteiger partial charge in [0.05, 0.1) is 32.2 Å². The molecule has 0 saturated carbocycles. The van der Waals surface area contributed by atoms with Crippen molar-refractivity contribution in [1.29, 1.82) is 0 Å². The van der Waals surface area contributed by atoms with Crippen molar-refractivity contribution in [2.75, 3.05) is 20.8 Å². The molecular weight excluding hydrogens is 439 g/mol. The number of nitrogens with zero attached hydrogens (tertiary/aromatic N) is 1. The molecule has 0 radical (unpaired) electrons. The van der Waals surface area contributed by atoms with Gasteiger partial charge in [-0.15, -0.1) is 11.3 Å². The first kappa shape index (κ1) is 22.2. The van der Waals surface area contributed by atoms with Gasteiger partial charge in [0.2, 0.25) is 5.91 Å². The lowest BCUT2D eigenvalue weighted by molar-refractivity contribution is -0.138. The number of carbonyl (C=O) groups excluding carboxylic acids is 1. The number of rotatable bonds is 5. The first-order valence-electron chi connectivity index (χ1n) is 10.1. The maximum Gasteiger partial charge on any atom is 0.416 e. The quantitative estimate of drug-likeness (QED) is 0.504. The average Bonchev–Trinajstić information content (AvgIpc) is 3.31. The molecule has 0 spiro atoms. The van der Waals surface area contributed by atoms with E-state index in [2.05, 4.69) is 0 Å². The third-order valence-corrected chi connectivity index (χ3v) is 6.54. The lowest BCUT2D eigenvalue weighted by atomic mass is 9.90. The third-order valence-electron chi connectivity index (χ3n) is 5.62. The Hall–Kier alpha value is -3.00. The van der Waals surface area contributed by atoms with E-state index >= 15 is 0 Å². The molecule has 0 N–H and O–H groups in total. The van der Waals surface area contributed by atoms with E-state index in [4.69, 9.17) is 9.47 Å². The van der Waals surface area contributed by atoms with Gasteiger partial charge in [0.1, 0.15) is 0 Å². The Morgan fingerprint density at radius 1 is 1.09 bits per heavy atom. The van der Waals surface area contributed by atoms with Crippen molar-refractivity contribution in [3.63, 3.8) is 0 Å². The van der Waals surface area contributed by atoms with Gasteiger partial charge in [0.25, 0.3) is 0 Å². The van der Waals surface area contributed by atoms with Crippen LogP contribution in [0.1, 0.15) is 33.2 Å². The number of fused-ring (bicyclic) bond motifs is 1. The standard InChI is InChI=1S/C24H22F3NO3S/c1-30-19-13-16-8-9-28(22(29)12-15-5-3-6-17(11-15)24(25,26)27)23(21-7-4-10-32-21)18(16)14-20(19)31-2/h3-7,10-11,13-14,23H,8-9,12H2,1-2H3. The van der Waals surface area contributed by atoms with E-state index in [-0.39, 0.29) is 18.4 Å².